The summed E-state index contributed by atoms with van der Waals surface area (Å²) in [4.78, 5) is 6.55. The molecule has 1 fully saturated rings. The number of rotatable bonds is 4. The fourth-order valence-electron chi connectivity index (χ4n) is 2.93. The van der Waals surface area contributed by atoms with Crippen molar-refractivity contribution < 1.29 is 13.5 Å². The van der Waals surface area contributed by atoms with Crippen molar-refractivity contribution in [2.45, 2.75) is 25.5 Å². The third-order valence-corrected chi connectivity index (χ3v) is 3.98. The summed E-state index contributed by atoms with van der Waals surface area (Å²) in [6.45, 7) is 1.14. The van der Waals surface area contributed by atoms with Crippen molar-refractivity contribution in [3.05, 3.63) is 59.3 Å². The molecule has 5 heteroatoms. The van der Waals surface area contributed by atoms with Gasteiger partial charge in [-0.3, -0.25) is 4.90 Å². The highest BCUT2D eigenvalue weighted by molar-refractivity contribution is 5.30. The molecule has 0 bridgehead atoms. The topological polar surface area (TPSA) is 25.4 Å². The average molecular weight is 304 g/mol. The van der Waals surface area contributed by atoms with Gasteiger partial charge in [-0.05, 0) is 50.2 Å². The Labute approximate surface area is 128 Å². The molecule has 1 aromatic carbocycles. The second-order valence-corrected chi connectivity index (χ2v) is 5.60. The zero-order valence-electron chi connectivity index (χ0n) is 12.4. The highest BCUT2D eigenvalue weighted by Gasteiger charge is 2.25. The van der Waals surface area contributed by atoms with E-state index in [2.05, 4.69) is 16.9 Å². The molecule has 2 heterocycles. The van der Waals surface area contributed by atoms with Crippen molar-refractivity contribution in [2.75, 3.05) is 13.6 Å². The molecule has 0 spiro atoms. The molecule has 1 unspecified atom stereocenters. The molecule has 0 aliphatic carbocycles. The summed E-state index contributed by atoms with van der Waals surface area (Å²) in [6, 6.07) is 7.56. The molecule has 1 saturated heterocycles. The zero-order chi connectivity index (χ0) is 15.5. The normalized spacial score (nSPS) is 18.6. The van der Waals surface area contributed by atoms with Gasteiger partial charge in [0.05, 0.1) is 0 Å². The lowest BCUT2D eigenvalue weighted by Crippen LogP contribution is -2.18. The Hall–Kier alpha value is -2.01. The molecule has 2 aromatic rings. The fourth-order valence-corrected chi connectivity index (χ4v) is 2.93. The Morgan fingerprint density at radius 1 is 1.27 bits per heavy atom. The maximum Gasteiger partial charge on any atom is 0.218 e. The number of hydrogen-bond donors (Lipinski definition) is 0. The van der Waals surface area contributed by atoms with Crippen molar-refractivity contribution in [3.8, 4) is 5.88 Å². The van der Waals surface area contributed by atoms with Crippen molar-refractivity contribution in [1.29, 1.82) is 0 Å². The maximum atomic E-state index is 13.2. The summed E-state index contributed by atoms with van der Waals surface area (Å²) in [5.74, 6) is -0.670. The van der Waals surface area contributed by atoms with Crippen molar-refractivity contribution >= 4 is 0 Å². The summed E-state index contributed by atoms with van der Waals surface area (Å²) in [6.07, 6.45) is 3.87. The fraction of sp³-hybridized carbons (Fsp3) is 0.353. The quantitative estimate of drug-likeness (QED) is 0.861. The SMILES string of the molecule is CN1CCCC1c1cccnc1OCc1cc(F)cc(F)c1. The predicted octanol–water partition coefficient (Wildman–Crippen LogP) is 3.71. The molecule has 1 atom stereocenters. The van der Waals surface area contributed by atoms with Crippen molar-refractivity contribution in [1.82, 2.24) is 9.88 Å². The number of halogens is 2. The molecule has 0 saturated carbocycles. The number of aromatic nitrogens is 1. The lowest BCUT2D eigenvalue weighted by Gasteiger charge is -2.21. The minimum absolute atomic E-state index is 0.0924. The summed E-state index contributed by atoms with van der Waals surface area (Å²) in [5.41, 5.74) is 1.48. The maximum absolute atomic E-state index is 13.2. The monoisotopic (exact) mass is 304 g/mol. The first-order valence-electron chi connectivity index (χ1n) is 7.36. The van der Waals surface area contributed by atoms with E-state index in [4.69, 9.17) is 4.74 Å². The minimum atomic E-state index is -0.602. The third kappa shape index (κ3) is 3.25. The summed E-state index contributed by atoms with van der Waals surface area (Å²) in [5, 5.41) is 0. The van der Waals surface area contributed by atoms with Gasteiger partial charge in [-0.15, -0.1) is 0 Å². The Morgan fingerprint density at radius 3 is 2.73 bits per heavy atom. The molecule has 22 heavy (non-hydrogen) atoms. The first-order chi connectivity index (χ1) is 10.6. The molecule has 3 rings (SSSR count). The van der Waals surface area contributed by atoms with Gasteiger partial charge in [0.15, 0.2) is 0 Å². The number of hydrogen-bond acceptors (Lipinski definition) is 3. The van der Waals surface area contributed by atoms with Crippen LogP contribution in [0.3, 0.4) is 0 Å². The number of likely N-dealkylation sites (tertiary alicyclic amines) is 1. The smallest absolute Gasteiger partial charge is 0.218 e. The van der Waals surface area contributed by atoms with E-state index < -0.39 is 11.6 Å². The lowest BCUT2D eigenvalue weighted by molar-refractivity contribution is 0.266. The molecule has 3 nitrogen and oxygen atoms in total. The number of ether oxygens (including phenoxy) is 1. The van der Waals surface area contributed by atoms with Gasteiger partial charge < -0.3 is 4.74 Å². The van der Waals surface area contributed by atoms with Gasteiger partial charge in [0.25, 0.3) is 0 Å². The minimum Gasteiger partial charge on any atom is -0.473 e. The zero-order valence-corrected chi connectivity index (χ0v) is 12.4. The van der Waals surface area contributed by atoms with E-state index in [1.165, 1.54) is 12.1 Å². The van der Waals surface area contributed by atoms with E-state index in [9.17, 15) is 8.78 Å². The molecule has 0 amide bonds. The van der Waals surface area contributed by atoms with Gasteiger partial charge >= 0.3 is 0 Å². The molecule has 0 radical (unpaired) electrons. The third-order valence-electron chi connectivity index (χ3n) is 3.98. The largest absolute Gasteiger partial charge is 0.473 e. The molecule has 0 N–H and O–H groups in total. The van der Waals surface area contributed by atoms with Gasteiger partial charge in [-0.25, -0.2) is 13.8 Å². The number of pyridine rings is 1. The van der Waals surface area contributed by atoms with E-state index in [0.29, 0.717) is 11.4 Å². The molecule has 1 aliphatic heterocycles. The van der Waals surface area contributed by atoms with Crippen LogP contribution in [0.2, 0.25) is 0 Å². The first kappa shape index (κ1) is 14.9. The van der Waals surface area contributed by atoms with E-state index in [1.54, 1.807) is 6.20 Å². The van der Waals surface area contributed by atoms with Crippen LogP contribution in [0.25, 0.3) is 0 Å². The number of benzene rings is 1. The highest BCUT2D eigenvalue weighted by Crippen LogP contribution is 2.34. The van der Waals surface area contributed by atoms with Crippen LogP contribution in [-0.4, -0.2) is 23.5 Å². The van der Waals surface area contributed by atoms with Crippen molar-refractivity contribution in [2.24, 2.45) is 0 Å². The van der Waals surface area contributed by atoms with Gasteiger partial charge in [0.1, 0.15) is 18.2 Å². The van der Waals surface area contributed by atoms with E-state index in [-0.39, 0.29) is 12.6 Å². The van der Waals surface area contributed by atoms with Crippen LogP contribution < -0.4 is 4.74 Å². The first-order valence-corrected chi connectivity index (χ1v) is 7.36. The van der Waals surface area contributed by atoms with Crippen LogP contribution in [0, 0.1) is 11.6 Å². The molecule has 1 aliphatic rings. The van der Waals surface area contributed by atoms with Crippen LogP contribution in [0.5, 0.6) is 5.88 Å². The summed E-state index contributed by atoms with van der Waals surface area (Å²) in [7, 11) is 2.08. The van der Waals surface area contributed by atoms with Crippen LogP contribution in [0.1, 0.15) is 30.0 Å². The Balaban J connectivity index is 1.78. The van der Waals surface area contributed by atoms with E-state index in [0.717, 1.165) is 31.0 Å². The van der Waals surface area contributed by atoms with Crippen LogP contribution in [0.15, 0.2) is 36.5 Å². The summed E-state index contributed by atoms with van der Waals surface area (Å²) < 4.78 is 32.1. The molecular formula is C17H18F2N2O. The Kier molecular flexibility index (Phi) is 4.34. The van der Waals surface area contributed by atoms with E-state index >= 15 is 0 Å². The van der Waals surface area contributed by atoms with Gasteiger partial charge in [0, 0.05) is 23.9 Å². The van der Waals surface area contributed by atoms with E-state index in [1.807, 2.05) is 12.1 Å². The Bertz CT molecular complexity index is 643. The highest BCUT2D eigenvalue weighted by atomic mass is 19.1. The van der Waals surface area contributed by atoms with Gasteiger partial charge in [0.2, 0.25) is 5.88 Å². The number of nitrogens with zero attached hydrogens (tertiary/aromatic N) is 2. The van der Waals surface area contributed by atoms with Crippen LogP contribution >= 0.6 is 0 Å². The summed E-state index contributed by atoms with van der Waals surface area (Å²) >= 11 is 0. The molecular weight excluding hydrogens is 286 g/mol. The standard InChI is InChI=1S/C17H18F2N2O/c1-21-7-3-5-16(21)15-4-2-6-20-17(15)22-11-12-8-13(18)10-14(19)9-12/h2,4,6,8-10,16H,3,5,7,11H2,1H3. The average Bonchev–Trinajstić information content (AvgIpc) is 2.90. The van der Waals surface area contributed by atoms with Crippen LogP contribution in [-0.2, 0) is 6.61 Å². The van der Waals surface area contributed by atoms with Gasteiger partial charge in [-0.2, -0.15) is 0 Å². The second kappa shape index (κ2) is 6.40. The predicted molar refractivity (Wildman–Crippen MR) is 79.5 cm³/mol. The second-order valence-electron chi connectivity index (χ2n) is 5.60. The van der Waals surface area contributed by atoms with Gasteiger partial charge in [-0.1, -0.05) is 6.07 Å². The molecule has 1 aromatic heterocycles. The Morgan fingerprint density at radius 2 is 2.05 bits per heavy atom. The molecule has 116 valence electrons. The van der Waals surface area contributed by atoms with Crippen molar-refractivity contribution in [3.63, 3.8) is 0 Å². The van der Waals surface area contributed by atoms with Crippen LogP contribution in [0.4, 0.5) is 8.78 Å². The lowest BCUT2D eigenvalue weighted by atomic mass is 10.1.